The molecule has 0 bridgehead atoms. The molecule has 3 aromatic heterocycles. The first kappa shape index (κ1) is 20.5. The Balaban J connectivity index is 1.21. The molecular weight excluding hydrogens is 418 g/mol. The molecule has 0 aromatic carbocycles. The van der Waals surface area contributed by atoms with Crippen LogP contribution in [0.25, 0.3) is 22.7 Å². The monoisotopic (exact) mass is 447 g/mol. The highest BCUT2D eigenvalue weighted by Gasteiger charge is 2.35. The number of piperidine rings is 1. The summed E-state index contributed by atoms with van der Waals surface area (Å²) < 4.78 is 0. The molecule has 33 heavy (non-hydrogen) atoms. The van der Waals surface area contributed by atoms with Crippen LogP contribution in [0.15, 0.2) is 24.4 Å². The Kier molecular flexibility index (Phi) is 5.21. The van der Waals surface area contributed by atoms with Crippen molar-refractivity contribution >= 4 is 22.9 Å². The molecule has 2 aliphatic heterocycles. The molecule has 0 spiro atoms. The van der Waals surface area contributed by atoms with Gasteiger partial charge in [-0.15, -0.1) is 0 Å². The normalized spacial score (nSPS) is 23.4. The molecule has 2 unspecified atom stereocenters. The van der Waals surface area contributed by atoms with E-state index < -0.39 is 0 Å². The summed E-state index contributed by atoms with van der Waals surface area (Å²) in [5.41, 5.74) is 2.31. The SMILES string of the molecule is O=C(C1CCCN(c2ccc3[nH]c(-c4ccnc(C5CC5)n4)nc3n2)C1)N1CCCC1CO. The number of carbonyl (C=O) groups is 1. The fourth-order valence-corrected chi connectivity index (χ4v) is 5.16. The van der Waals surface area contributed by atoms with Gasteiger partial charge in [0.2, 0.25) is 5.91 Å². The molecule has 1 saturated carbocycles. The second-order valence-electron chi connectivity index (χ2n) is 9.50. The zero-order valence-electron chi connectivity index (χ0n) is 18.7. The lowest BCUT2D eigenvalue weighted by atomic mass is 9.96. The number of pyridine rings is 1. The van der Waals surface area contributed by atoms with Crippen molar-refractivity contribution in [2.75, 3.05) is 31.1 Å². The molecule has 2 saturated heterocycles. The highest BCUT2D eigenvalue weighted by Crippen LogP contribution is 2.38. The minimum absolute atomic E-state index is 0.0212. The third-order valence-electron chi connectivity index (χ3n) is 7.16. The van der Waals surface area contributed by atoms with Gasteiger partial charge in [-0.2, -0.15) is 0 Å². The fraction of sp³-hybridized carbons (Fsp3) is 0.542. The number of H-pyrrole nitrogens is 1. The second-order valence-corrected chi connectivity index (χ2v) is 9.50. The van der Waals surface area contributed by atoms with Crippen LogP contribution in [-0.4, -0.2) is 73.1 Å². The van der Waals surface area contributed by atoms with Crippen molar-refractivity contribution < 1.29 is 9.90 Å². The Morgan fingerprint density at radius 2 is 1.94 bits per heavy atom. The van der Waals surface area contributed by atoms with E-state index in [1.807, 2.05) is 23.1 Å². The van der Waals surface area contributed by atoms with Crippen LogP contribution < -0.4 is 4.90 Å². The van der Waals surface area contributed by atoms with Crippen LogP contribution in [-0.2, 0) is 4.79 Å². The highest BCUT2D eigenvalue weighted by atomic mass is 16.3. The van der Waals surface area contributed by atoms with Crippen LogP contribution in [0.1, 0.15) is 50.3 Å². The first-order valence-corrected chi connectivity index (χ1v) is 12.1. The number of hydrogen-bond acceptors (Lipinski definition) is 7. The summed E-state index contributed by atoms with van der Waals surface area (Å²) in [5.74, 6) is 3.05. The summed E-state index contributed by atoms with van der Waals surface area (Å²) in [6.07, 6.45) is 7.82. The molecule has 3 aromatic rings. The van der Waals surface area contributed by atoms with Crippen molar-refractivity contribution in [3.63, 3.8) is 0 Å². The largest absolute Gasteiger partial charge is 0.394 e. The number of aliphatic hydroxyl groups is 1. The summed E-state index contributed by atoms with van der Waals surface area (Å²) in [4.78, 5) is 39.2. The van der Waals surface area contributed by atoms with Crippen LogP contribution >= 0.6 is 0 Å². The van der Waals surface area contributed by atoms with Gasteiger partial charge in [0.05, 0.1) is 24.1 Å². The molecule has 6 rings (SSSR count). The molecule has 0 radical (unpaired) electrons. The lowest BCUT2D eigenvalue weighted by Gasteiger charge is -2.35. The Morgan fingerprint density at radius 1 is 1.06 bits per heavy atom. The second kappa shape index (κ2) is 8.37. The predicted molar refractivity (Wildman–Crippen MR) is 124 cm³/mol. The van der Waals surface area contributed by atoms with Gasteiger partial charge < -0.3 is 19.9 Å². The van der Waals surface area contributed by atoms with Gasteiger partial charge in [-0.05, 0) is 56.7 Å². The molecule has 1 aliphatic carbocycles. The summed E-state index contributed by atoms with van der Waals surface area (Å²) in [6.45, 7) is 2.34. The van der Waals surface area contributed by atoms with Crippen molar-refractivity contribution in [2.24, 2.45) is 5.92 Å². The van der Waals surface area contributed by atoms with E-state index in [0.717, 1.165) is 74.5 Å². The molecule has 1 amide bonds. The van der Waals surface area contributed by atoms with Crippen LogP contribution in [0.4, 0.5) is 5.82 Å². The zero-order chi connectivity index (χ0) is 22.4. The van der Waals surface area contributed by atoms with Crippen LogP contribution in [0, 0.1) is 5.92 Å². The Labute approximate surface area is 192 Å². The lowest BCUT2D eigenvalue weighted by molar-refractivity contribution is -0.137. The van der Waals surface area contributed by atoms with E-state index in [1.165, 1.54) is 0 Å². The number of rotatable bonds is 5. The molecular formula is C24H29N7O2. The zero-order valence-corrected chi connectivity index (χ0v) is 18.7. The van der Waals surface area contributed by atoms with Crippen molar-refractivity contribution in [1.29, 1.82) is 0 Å². The topological polar surface area (TPSA) is 111 Å². The van der Waals surface area contributed by atoms with Crippen molar-refractivity contribution in [3.05, 3.63) is 30.2 Å². The van der Waals surface area contributed by atoms with Gasteiger partial charge in [0.1, 0.15) is 17.3 Å². The third kappa shape index (κ3) is 3.94. The van der Waals surface area contributed by atoms with E-state index >= 15 is 0 Å². The maximum absolute atomic E-state index is 13.1. The minimum atomic E-state index is -0.0556. The molecule has 9 nitrogen and oxygen atoms in total. The molecule has 9 heteroatoms. The number of aliphatic hydroxyl groups excluding tert-OH is 1. The summed E-state index contributed by atoms with van der Waals surface area (Å²) in [7, 11) is 0. The van der Waals surface area contributed by atoms with Crippen molar-refractivity contribution in [1.82, 2.24) is 29.8 Å². The van der Waals surface area contributed by atoms with Crippen LogP contribution in [0.2, 0.25) is 0 Å². The quantitative estimate of drug-likeness (QED) is 0.618. The molecule has 3 aliphatic rings. The van der Waals surface area contributed by atoms with E-state index in [-0.39, 0.29) is 24.5 Å². The van der Waals surface area contributed by atoms with Crippen LogP contribution in [0.5, 0.6) is 0 Å². The molecule has 172 valence electrons. The number of likely N-dealkylation sites (tertiary alicyclic amines) is 1. The standard InChI is InChI=1S/C24H29N7O2/c32-14-17-4-2-12-31(17)24(33)16-3-1-11-30(13-16)20-8-7-18-23(28-20)29-22(27-18)19-9-10-25-21(26-19)15-5-6-15/h7-10,15-17,32H,1-6,11-14H2,(H,27,28,29). The van der Waals surface area contributed by atoms with Gasteiger partial charge in [0, 0.05) is 31.7 Å². The summed E-state index contributed by atoms with van der Waals surface area (Å²) in [5, 5.41) is 9.61. The van der Waals surface area contributed by atoms with E-state index in [2.05, 4.69) is 19.9 Å². The molecule has 5 heterocycles. The van der Waals surface area contributed by atoms with Crippen molar-refractivity contribution in [2.45, 2.75) is 50.5 Å². The fourth-order valence-electron chi connectivity index (χ4n) is 5.16. The Hall–Kier alpha value is -3.07. The third-order valence-corrected chi connectivity index (χ3v) is 7.16. The Morgan fingerprint density at radius 3 is 2.79 bits per heavy atom. The number of nitrogens with one attached hydrogen (secondary N) is 1. The predicted octanol–water partition coefficient (Wildman–Crippen LogP) is 2.49. The maximum atomic E-state index is 13.1. The van der Waals surface area contributed by atoms with Gasteiger partial charge in [-0.25, -0.2) is 19.9 Å². The van der Waals surface area contributed by atoms with Gasteiger partial charge >= 0.3 is 0 Å². The van der Waals surface area contributed by atoms with Crippen molar-refractivity contribution in [3.8, 4) is 11.5 Å². The molecule has 2 atom stereocenters. The average Bonchev–Trinajstić information content (AvgIpc) is 3.45. The number of amides is 1. The van der Waals surface area contributed by atoms with E-state index in [0.29, 0.717) is 23.9 Å². The van der Waals surface area contributed by atoms with E-state index in [9.17, 15) is 9.90 Å². The Bertz CT molecular complexity index is 1170. The summed E-state index contributed by atoms with van der Waals surface area (Å²) in [6, 6.07) is 5.86. The molecule has 3 fully saturated rings. The van der Waals surface area contributed by atoms with Gasteiger partial charge in [0.15, 0.2) is 11.5 Å². The van der Waals surface area contributed by atoms with E-state index in [4.69, 9.17) is 9.97 Å². The number of nitrogens with zero attached hydrogens (tertiary/aromatic N) is 6. The van der Waals surface area contributed by atoms with Gasteiger partial charge in [-0.3, -0.25) is 4.79 Å². The number of aromatic amines is 1. The number of aromatic nitrogens is 5. The first-order chi connectivity index (χ1) is 16.2. The number of hydrogen-bond donors (Lipinski definition) is 2. The minimum Gasteiger partial charge on any atom is -0.394 e. The van der Waals surface area contributed by atoms with Gasteiger partial charge in [0.25, 0.3) is 0 Å². The highest BCUT2D eigenvalue weighted by molar-refractivity contribution is 5.81. The van der Waals surface area contributed by atoms with Crippen LogP contribution in [0.3, 0.4) is 0 Å². The molecule has 2 N–H and O–H groups in total. The maximum Gasteiger partial charge on any atom is 0.227 e. The smallest absolute Gasteiger partial charge is 0.227 e. The summed E-state index contributed by atoms with van der Waals surface area (Å²) >= 11 is 0. The number of anilines is 1. The number of carbonyl (C=O) groups excluding carboxylic acids is 1. The number of fused-ring (bicyclic) bond motifs is 1. The van der Waals surface area contributed by atoms with Gasteiger partial charge in [-0.1, -0.05) is 0 Å². The first-order valence-electron chi connectivity index (χ1n) is 12.1. The average molecular weight is 448 g/mol. The number of imidazole rings is 1. The van der Waals surface area contributed by atoms with E-state index in [1.54, 1.807) is 6.20 Å². The lowest BCUT2D eigenvalue weighted by Crippen LogP contribution is -2.47.